The van der Waals surface area contributed by atoms with E-state index < -0.39 is 0 Å². The van der Waals surface area contributed by atoms with Crippen molar-refractivity contribution in [2.75, 3.05) is 13.2 Å². The van der Waals surface area contributed by atoms with Gasteiger partial charge in [-0.3, -0.25) is 0 Å². The van der Waals surface area contributed by atoms with E-state index in [9.17, 15) is 0 Å². The van der Waals surface area contributed by atoms with Crippen LogP contribution in [0.5, 0.6) is 11.5 Å². The van der Waals surface area contributed by atoms with E-state index in [1.165, 1.54) is 0 Å². The van der Waals surface area contributed by atoms with Crippen molar-refractivity contribution in [1.29, 1.82) is 0 Å². The Kier molecular flexibility index (Phi) is 5.28. The molecule has 0 aliphatic heterocycles. The third-order valence-corrected chi connectivity index (χ3v) is 3.19. The van der Waals surface area contributed by atoms with E-state index in [4.69, 9.17) is 9.47 Å². The molecule has 2 aromatic carbocycles. The average Bonchev–Trinajstić information content (AvgIpc) is 2.42. The molecule has 3 heteroatoms. The second-order valence-electron chi connectivity index (χ2n) is 4.27. The van der Waals surface area contributed by atoms with E-state index >= 15 is 0 Å². The van der Waals surface area contributed by atoms with E-state index in [0.717, 1.165) is 28.0 Å². The SMILES string of the molecule is Cc1cc(Br)ccc1OCCCOc1ccccc1. The van der Waals surface area contributed by atoms with Crippen LogP contribution in [-0.2, 0) is 0 Å². The number of aryl methyl sites for hydroxylation is 1. The Bertz CT molecular complexity index is 511. The lowest BCUT2D eigenvalue weighted by Gasteiger charge is -2.10. The van der Waals surface area contributed by atoms with Crippen LogP contribution in [-0.4, -0.2) is 13.2 Å². The van der Waals surface area contributed by atoms with E-state index in [-0.39, 0.29) is 0 Å². The Morgan fingerprint density at radius 1 is 0.947 bits per heavy atom. The van der Waals surface area contributed by atoms with Crippen LogP contribution in [0.25, 0.3) is 0 Å². The lowest BCUT2D eigenvalue weighted by Crippen LogP contribution is -2.05. The van der Waals surface area contributed by atoms with Gasteiger partial charge in [0, 0.05) is 10.9 Å². The molecule has 2 rings (SSSR count). The molecule has 0 fully saturated rings. The molecular formula is C16H17BrO2. The molecule has 2 aromatic rings. The normalized spacial score (nSPS) is 10.2. The molecule has 0 atom stereocenters. The average molecular weight is 321 g/mol. The number of ether oxygens (including phenoxy) is 2. The topological polar surface area (TPSA) is 18.5 Å². The van der Waals surface area contributed by atoms with E-state index in [2.05, 4.69) is 22.0 Å². The molecule has 100 valence electrons. The lowest BCUT2D eigenvalue weighted by molar-refractivity contribution is 0.246. The van der Waals surface area contributed by atoms with E-state index in [1.807, 2.05) is 49.4 Å². The second kappa shape index (κ2) is 7.19. The maximum absolute atomic E-state index is 5.73. The summed E-state index contributed by atoms with van der Waals surface area (Å²) in [7, 11) is 0. The Labute approximate surface area is 122 Å². The summed E-state index contributed by atoms with van der Waals surface area (Å²) >= 11 is 3.44. The molecule has 2 nitrogen and oxygen atoms in total. The van der Waals surface area contributed by atoms with Gasteiger partial charge >= 0.3 is 0 Å². The van der Waals surface area contributed by atoms with Gasteiger partial charge in [-0.2, -0.15) is 0 Å². The maximum atomic E-state index is 5.73. The third-order valence-electron chi connectivity index (χ3n) is 2.70. The van der Waals surface area contributed by atoms with Crippen LogP contribution < -0.4 is 9.47 Å². The molecule has 0 aliphatic carbocycles. The van der Waals surface area contributed by atoms with Crippen molar-refractivity contribution in [3.63, 3.8) is 0 Å². The highest BCUT2D eigenvalue weighted by Crippen LogP contribution is 2.22. The Morgan fingerprint density at radius 2 is 1.68 bits per heavy atom. The summed E-state index contributed by atoms with van der Waals surface area (Å²) in [4.78, 5) is 0. The zero-order valence-corrected chi connectivity index (χ0v) is 12.5. The van der Waals surface area contributed by atoms with Crippen molar-refractivity contribution >= 4 is 15.9 Å². The molecule has 0 aliphatic rings. The predicted molar refractivity (Wildman–Crippen MR) is 80.9 cm³/mol. The number of rotatable bonds is 6. The molecule has 0 aromatic heterocycles. The van der Waals surface area contributed by atoms with E-state index in [0.29, 0.717) is 13.2 Å². The molecule has 0 amide bonds. The molecule has 0 heterocycles. The molecule has 0 radical (unpaired) electrons. The minimum Gasteiger partial charge on any atom is -0.493 e. The summed E-state index contributed by atoms with van der Waals surface area (Å²) in [6, 6.07) is 15.9. The lowest BCUT2D eigenvalue weighted by atomic mass is 10.2. The van der Waals surface area contributed by atoms with Gasteiger partial charge in [-0.05, 0) is 42.8 Å². The van der Waals surface area contributed by atoms with Gasteiger partial charge in [0.05, 0.1) is 13.2 Å². The van der Waals surface area contributed by atoms with Crippen LogP contribution in [0, 0.1) is 6.92 Å². The Balaban J connectivity index is 1.69. The van der Waals surface area contributed by atoms with Crippen LogP contribution in [0.4, 0.5) is 0 Å². The molecule has 0 saturated heterocycles. The largest absolute Gasteiger partial charge is 0.493 e. The van der Waals surface area contributed by atoms with Gasteiger partial charge in [-0.1, -0.05) is 34.1 Å². The smallest absolute Gasteiger partial charge is 0.122 e. The third kappa shape index (κ3) is 4.60. The standard InChI is InChI=1S/C16H17BrO2/c1-13-12-14(17)8-9-16(13)19-11-5-10-18-15-6-3-2-4-7-15/h2-4,6-9,12H,5,10-11H2,1H3. The van der Waals surface area contributed by atoms with Crippen molar-refractivity contribution in [1.82, 2.24) is 0 Å². The summed E-state index contributed by atoms with van der Waals surface area (Å²) in [6.45, 7) is 3.37. The first-order valence-electron chi connectivity index (χ1n) is 6.32. The summed E-state index contributed by atoms with van der Waals surface area (Å²) in [5, 5.41) is 0. The number of para-hydroxylation sites is 1. The van der Waals surface area contributed by atoms with Gasteiger partial charge in [-0.25, -0.2) is 0 Å². The summed E-state index contributed by atoms with van der Waals surface area (Å²) in [5.41, 5.74) is 1.14. The van der Waals surface area contributed by atoms with Crippen LogP contribution >= 0.6 is 15.9 Å². The molecular weight excluding hydrogens is 304 g/mol. The molecule has 0 saturated carbocycles. The molecule has 0 N–H and O–H groups in total. The van der Waals surface area contributed by atoms with Gasteiger partial charge < -0.3 is 9.47 Å². The van der Waals surface area contributed by atoms with E-state index in [1.54, 1.807) is 0 Å². The number of benzene rings is 2. The van der Waals surface area contributed by atoms with Gasteiger partial charge in [0.1, 0.15) is 11.5 Å². The highest BCUT2D eigenvalue weighted by Gasteiger charge is 2.00. The van der Waals surface area contributed by atoms with Crippen molar-refractivity contribution in [2.45, 2.75) is 13.3 Å². The van der Waals surface area contributed by atoms with Crippen LogP contribution in [0.3, 0.4) is 0 Å². The number of hydrogen-bond donors (Lipinski definition) is 0. The van der Waals surface area contributed by atoms with Crippen LogP contribution in [0.2, 0.25) is 0 Å². The first kappa shape index (κ1) is 13.9. The quantitative estimate of drug-likeness (QED) is 0.724. The van der Waals surface area contributed by atoms with Crippen molar-refractivity contribution < 1.29 is 9.47 Å². The molecule has 19 heavy (non-hydrogen) atoms. The number of hydrogen-bond acceptors (Lipinski definition) is 2. The van der Waals surface area contributed by atoms with Crippen LogP contribution in [0.1, 0.15) is 12.0 Å². The summed E-state index contributed by atoms with van der Waals surface area (Å²) in [6.07, 6.45) is 0.865. The first-order valence-corrected chi connectivity index (χ1v) is 7.12. The van der Waals surface area contributed by atoms with Crippen molar-refractivity contribution in [3.8, 4) is 11.5 Å². The maximum Gasteiger partial charge on any atom is 0.122 e. The zero-order chi connectivity index (χ0) is 13.5. The van der Waals surface area contributed by atoms with Crippen LogP contribution in [0.15, 0.2) is 53.0 Å². The minimum absolute atomic E-state index is 0.662. The first-order chi connectivity index (χ1) is 9.25. The highest BCUT2D eigenvalue weighted by atomic mass is 79.9. The van der Waals surface area contributed by atoms with Gasteiger partial charge in [-0.15, -0.1) is 0 Å². The fourth-order valence-electron chi connectivity index (χ4n) is 1.72. The molecule has 0 bridgehead atoms. The van der Waals surface area contributed by atoms with Gasteiger partial charge in [0.25, 0.3) is 0 Å². The minimum atomic E-state index is 0.662. The zero-order valence-electron chi connectivity index (χ0n) is 10.9. The summed E-state index contributed by atoms with van der Waals surface area (Å²) < 4.78 is 12.4. The number of halogens is 1. The second-order valence-corrected chi connectivity index (χ2v) is 5.19. The fourth-order valence-corrected chi connectivity index (χ4v) is 2.20. The highest BCUT2D eigenvalue weighted by molar-refractivity contribution is 9.10. The van der Waals surface area contributed by atoms with Gasteiger partial charge in [0.15, 0.2) is 0 Å². The monoisotopic (exact) mass is 320 g/mol. The van der Waals surface area contributed by atoms with Crippen molar-refractivity contribution in [2.24, 2.45) is 0 Å². The summed E-state index contributed by atoms with van der Waals surface area (Å²) in [5.74, 6) is 1.84. The molecule has 0 unspecified atom stereocenters. The predicted octanol–water partition coefficient (Wildman–Crippen LogP) is 4.61. The van der Waals surface area contributed by atoms with Crippen molar-refractivity contribution in [3.05, 3.63) is 58.6 Å². The molecule has 0 spiro atoms. The Hall–Kier alpha value is -1.48. The Morgan fingerprint density at radius 3 is 2.42 bits per heavy atom. The van der Waals surface area contributed by atoms with Gasteiger partial charge in [0.2, 0.25) is 0 Å². The fraction of sp³-hybridized carbons (Fsp3) is 0.250.